The Labute approximate surface area is 55.4 Å². The molecule has 0 aliphatic carbocycles. The average Bonchev–Trinajstić information content (AvgIpc) is 1.88. The molecule has 0 unspecified atom stereocenters. The fraction of sp³-hybridized carbons (Fsp3) is 0.833. The molecule has 0 fully saturated rings. The van der Waals surface area contributed by atoms with Gasteiger partial charge in [0.2, 0.25) is 6.29 Å². The van der Waals surface area contributed by atoms with Gasteiger partial charge in [0.15, 0.2) is 0 Å². The van der Waals surface area contributed by atoms with Crippen molar-refractivity contribution in [2.24, 2.45) is 17.4 Å². The van der Waals surface area contributed by atoms with E-state index in [1.165, 1.54) is 0 Å². The molecule has 1 radical (unpaired) electrons. The first-order valence-electron chi connectivity index (χ1n) is 3.13. The molecule has 0 saturated carbocycles. The van der Waals surface area contributed by atoms with Gasteiger partial charge in [0, 0.05) is 5.92 Å². The molecular weight excluding hydrogens is 116 g/mol. The lowest BCUT2D eigenvalue weighted by Gasteiger charge is -2.03. The minimum absolute atomic E-state index is 0.0417. The van der Waals surface area contributed by atoms with Crippen molar-refractivity contribution in [3.05, 3.63) is 0 Å². The molecule has 3 nitrogen and oxygen atoms in total. The lowest BCUT2D eigenvalue weighted by molar-refractivity contribution is 0.496. The fourth-order valence-electron chi connectivity index (χ4n) is 0.665. The van der Waals surface area contributed by atoms with E-state index >= 15 is 0 Å². The van der Waals surface area contributed by atoms with Gasteiger partial charge in [-0.15, -0.1) is 0 Å². The first-order chi connectivity index (χ1) is 4.35. The summed E-state index contributed by atoms with van der Waals surface area (Å²) in [7, 11) is 0. The van der Waals surface area contributed by atoms with Crippen LogP contribution in [0.5, 0.6) is 0 Å². The van der Waals surface area contributed by atoms with E-state index in [-0.39, 0.29) is 5.92 Å². The van der Waals surface area contributed by atoms with Crippen LogP contribution in [0.4, 0.5) is 0 Å². The number of hydrogen-bond donors (Lipinski definition) is 2. The topological polar surface area (TPSA) is 69.1 Å². The Kier molecular flexibility index (Phi) is 5.46. The Balaban J connectivity index is 3.29. The highest BCUT2D eigenvalue weighted by atomic mass is 16.1. The first kappa shape index (κ1) is 8.59. The second kappa shape index (κ2) is 5.72. The summed E-state index contributed by atoms with van der Waals surface area (Å²) in [4.78, 5) is 10.0. The summed E-state index contributed by atoms with van der Waals surface area (Å²) in [6.07, 6.45) is 3.31. The van der Waals surface area contributed by atoms with Crippen molar-refractivity contribution in [1.82, 2.24) is 0 Å². The largest absolute Gasteiger partial charge is 0.330 e. The Hall–Kier alpha value is -0.410. The monoisotopic (exact) mass is 129 g/mol. The molecule has 0 aliphatic heterocycles. The van der Waals surface area contributed by atoms with Crippen molar-refractivity contribution in [1.29, 1.82) is 0 Å². The van der Waals surface area contributed by atoms with Crippen molar-refractivity contribution in [2.75, 3.05) is 13.1 Å². The lowest BCUT2D eigenvalue weighted by Crippen LogP contribution is -2.14. The van der Waals surface area contributed by atoms with Crippen LogP contribution in [0.1, 0.15) is 12.8 Å². The van der Waals surface area contributed by atoms with E-state index in [1.807, 2.05) is 6.29 Å². The molecule has 0 atom stereocenters. The van der Waals surface area contributed by atoms with E-state index in [9.17, 15) is 4.79 Å². The van der Waals surface area contributed by atoms with E-state index in [0.717, 1.165) is 0 Å². The van der Waals surface area contributed by atoms with E-state index in [1.54, 1.807) is 0 Å². The summed E-state index contributed by atoms with van der Waals surface area (Å²) >= 11 is 0. The van der Waals surface area contributed by atoms with Crippen LogP contribution < -0.4 is 11.5 Å². The van der Waals surface area contributed by atoms with Crippen molar-refractivity contribution in [2.45, 2.75) is 12.8 Å². The molecule has 0 saturated heterocycles. The smallest absolute Gasteiger partial charge is 0.201 e. The van der Waals surface area contributed by atoms with Crippen LogP contribution in [-0.4, -0.2) is 19.4 Å². The van der Waals surface area contributed by atoms with Gasteiger partial charge in [-0.1, -0.05) is 0 Å². The van der Waals surface area contributed by atoms with Gasteiger partial charge in [-0.2, -0.15) is 0 Å². The predicted octanol–water partition coefficient (Wildman–Crippen LogP) is -0.590. The van der Waals surface area contributed by atoms with Crippen molar-refractivity contribution >= 4 is 6.29 Å². The molecule has 4 N–H and O–H groups in total. The normalized spacial score (nSPS) is 10.1. The minimum Gasteiger partial charge on any atom is -0.330 e. The van der Waals surface area contributed by atoms with Gasteiger partial charge in [0.05, 0.1) is 0 Å². The summed E-state index contributed by atoms with van der Waals surface area (Å²) < 4.78 is 0. The Bertz CT molecular complexity index is 69.5. The molecule has 0 heterocycles. The first-order valence-corrected chi connectivity index (χ1v) is 3.13. The third-order valence-electron chi connectivity index (χ3n) is 1.20. The van der Waals surface area contributed by atoms with Crippen LogP contribution >= 0.6 is 0 Å². The lowest BCUT2D eigenvalue weighted by atomic mass is 10.0. The highest BCUT2D eigenvalue weighted by molar-refractivity contribution is 5.54. The molecule has 53 valence electrons. The highest BCUT2D eigenvalue weighted by Crippen LogP contribution is 2.00. The zero-order valence-electron chi connectivity index (χ0n) is 5.47. The molecule has 0 bridgehead atoms. The van der Waals surface area contributed by atoms with Gasteiger partial charge in [-0.3, -0.25) is 4.79 Å². The van der Waals surface area contributed by atoms with Crippen LogP contribution in [-0.2, 0) is 4.79 Å². The summed E-state index contributed by atoms with van der Waals surface area (Å²) in [6.45, 7) is 1.08. The Morgan fingerprint density at radius 2 is 1.67 bits per heavy atom. The predicted molar refractivity (Wildman–Crippen MR) is 36.5 cm³/mol. The maximum absolute atomic E-state index is 10.0. The van der Waals surface area contributed by atoms with Crippen LogP contribution in [0.15, 0.2) is 0 Å². The van der Waals surface area contributed by atoms with E-state index in [2.05, 4.69) is 0 Å². The quantitative estimate of drug-likeness (QED) is 0.521. The summed E-state index contributed by atoms with van der Waals surface area (Å²) in [5.74, 6) is -0.0417. The molecule has 0 aromatic rings. The highest BCUT2D eigenvalue weighted by Gasteiger charge is 2.04. The summed E-state index contributed by atoms with van der Waals surface area (Å²) in [6, 6.07) is 0. The molecule has 0 spiro atoms. The Morgan fingerprint density at radius 3 is 1.89 bits per heavy atom. The van der Waals surface area contributed by atoms with E-state index in [0.29, 0.717) is 25.9 Å². The van der Waals surface area contributed by atoms with Gasteiger partial charge < -0.3 is 11.5 Å². The van der Waals surface area contributed by atoms with Crippen LogP contribution in [0.25, 0.3) is 0 Å². The second-order valence-electron chi connectivity index (χ2n) is 1.97. The van der Waals surface area contributed by atoms with Gasteiger partial charge in [0.25, 0.3) is 0 Å². The molecule has 9 heavy (non-hydrogen) atoms. The maximum atomic E-state index is 10.0. The molecular formula is C6H13N2O. The summed E-state index contributed by atoms with van der Waals surface area (Å²) in [5, 5.41) is 0. The number of rotatable bonds is 5. The van der Waals surface area contributed by atoms with E-state index in [4.69, 9.17) is 11.5 Å². The SMILES string of the molecule is NCCC([C]=O)CCN. The molecule has 3 heteroatoms. The van der Waals surface area contributed by atoms with Gasteiger partial charge in [-0.05, 0) is 25.9 Å². The van der Waals surface area contributed by atoms with Crippen LogP contribution in [0, 0.1) is 5.92 Å². The fourth-order valence-corrected chi connectivity index (χ4v) is 0.665. The Morgan fingerprint density at radius 1 is 1.22 bits per heavy atom. The summed E-state index contributed by atoms with van der Waals surface area (Å²) in [5.41, 5.74) is 10.4. The maximum Gasteiger partial charge on any atom is 0.201 e. The van der Waals surface area contributed by atoms with Crippen molar-refractivity contribution in [3.8, 4) is 0 Å². The van der Waals surface area contributed by atoms with Crippen molar-refractivity contribution in [3.63, 3.8) is 0 Å². The third-order valence-corrected chi connectivity index (χ3v) is 1.20. The van der Waals surface area contributed by atoms with E-state index < -0.39 is 0 Å². The molecule has 0 rings (SSSR count). The number of nitrogens with two attached hydrogens (primary N) is 2. The second-order valence-corrected chi connectivity index (χ2v) is 1.97. The standard InChI is InChI=1S/C6H13N2O/c7-3-1-6(5-9)2-4-8/h6H,1-4,7-8H2. The van der Waals surface area contributed by atoms with Crippen LogP contribution in [0.2, 0.25) is 0 Å². The molecule has 0 amide bonds. The molecule has 0 aromatic carbocycles. The number of carbonyl (C=O) groups excluding carboxylic acids is 1. The van der Waals surface area contributed by atoms with Gasteiger partial charge >= 0.3 is 0 Å². The molecule has 0 aliphatic rings. The van der Waals surface area contributed by atoms with Crippen LogP contribution in [0.3, 0.4) is 0 Å². The molecule has 0 aromatic heterocycles. The van der Waals surface area contributed by atoms with Gasteiger partial charge in [0.1, 0.15) is 0 Å². The third kappa shape index (κ3) is 4.12. The van der Waals surface area contributed by atoms with Gasteiger partial charge in [-0.25, -0.2) is 0 Å². The minimum atomic E-state index is -0.0417. The zero-order valence-corrected chi connectivity index (χ0v) is 5.47. The number of hydrogen-bond acceptors (Lipinski definition) is 3. The zero-order chi connectivity index (χ0) is 7.11. The van der Waals surface area contributed by atoms with Crippen molar-refractivity contribution < 1.29 is 4.79 Å². The average molecular weight is 129 g/mol.